The molecule has 1 aromatic heterocycles. The second kappa shape index (κ2) is 10.0. The third kappa shape index (κ3) is 4.83. The van der Waals surface area contributed by atoms with Gasteiger partial charge in [-0.15, -0.1) is 0 Å². The van der Waals surface area contributed by atoms with E-state index in [1.807, 2.05) is 78.6 Å². The molecule has 0 unspecified atom stereocenters. The van der Waals surface area contributed by atoms with Crippen molar-refractivity contribution in [3.8, 4) is 16.9 Å². The highest BCUT2D eigenvalue weighted by molar-refractivity contribution is 5.94. The number of amides is 1. The molecule has 0 saturated carbocycles. The number of ether oxygens (including phenoxy) is 2. The molecule has 1 saturated heterocycles. The summed E-state index contributed by atoms with van der Waals surface area (Å²) in [6, 6.07) is 15.4. The smallest absolute Gasteiger partial charge is 0.254 e. The van der Waals surface area contributed by atoms with E-state index in [-0.39, 0.29) is 11.9 Å². The molecule has 1 amide bonds. The first-order chi connectivity index (χ1) is 16.0. The molecule has 1 atom stereocenters. The van der Waals surface area contributed by atoms with Crippen molar-refractivity contribution in [2.45, 2.75) is 25.5 Å². The normalized spacial score (nSPS) is 15.5. The number of hydrogen-bond acceptors (Lipinski definition) is 6. The van der Waals surface area contributed by atoms with Crippen LogP contribution in [-0.2, 0) is 11.3 Å². The molecular formula is C26H30N4O3. The summed E-state index contributed by atoms with van der Waals surface area (Å²) in [6.07, 6.45) is 3.64. The summed E-state index contributed by atoms with van der Waals surface area (Å²) in [6.45, 7) is 1.22. The Morgan fingerprint density at radius 1 is 1.15 bits per heavy atom. The monoisotopic (exact) mass is 446 g/mol. The minimum absolute atomic E-state index is 0.0167. The number of nitrogens with zero attached hydrogens (tertiary/aromatic N) is 4. The lowest BCUT2D eigenvalue weighted by Gasteiger charge is -2.27. The van der Waals surface area contributed by atoms with E-state index in [9.17, 15) is 4.79 Å². The molecule has 7 nitrogen and oxygen atoms in total. The van der Waals surface area contributed by atoms with Crippen LogP contribution in [-0.4, -0.2) is 55.6 Å². The molecule has 7 heteroatoms. The summed E-state index contributed by atoms with van der Waals surface area (Å²) in [5.41, 5.74) is 4.46. The number of aromatic nitrogens is 2. The maximum atomic E-state index is 13.5. The average molecular weight is 447 g/mol. The number of benzene rings is 2. The number of methoxy groups -OCH3 is 2. The lowest BCUT2D eigenvalue weighted by atomic mass is 9.99. The Labute approximate surface area is 195 Å². The Kier molecular flexibility index (Phi) is 6.89. The quantitative estimate of drug-likeness (QED) is 0.538. The molecule has 3 aromatic rings. The molecule has 33 heavy (non-hydrogen) atoms. The van der Waals surface area contributed by atoms with Gasteiger partial charge < -0.3 is 19.3 Å². The summed E-state index contributed by atoms with van der Waals surface area (Å²) in [5.74, 6) is 1.41. The molecular weight excluding hydrogens is 416 g/mol. The summed E-state index contributed by atoms with van der Waals surface area (Å²) >= 11 is 0. The fraction of sp³-hybridized carbons (Fsp3) is 0.346. The maximum Gasteiger partial charge on any atom is 0.254 e. The Bertz CT molecular complexity index is 1110. The molecule has 2 heterocycles. The molecule has 4 rings (SSSR count). The lowest BCUT2D eigenvalue weighted by molar-refractivity contribution is 0.0733. The molecule has 0 radical (unpaired) electrons. The molecule has 0 N–H and O–H groups in total. The Hall–Kier alpha value is -3.45. The van der Waals surface area contributed by atoms with Crippen molar-refractivity contribution < 1.29 is 14.3 Å². The first-order valence-electron chi connectivity index (χ1n) is 11.1. The number of carbonyl (C=O) groups excluding carboxylic acids is 1. The van der Waals surface area contributed by atoms with E-state index in [0.29, 0.717) is 24.7 Å². The van der Waals surface area contributed by atoms with Gasteiger partial charge in [-0.1, -0.05) is 24.3 Å². The van der Waals surface area contributed by atoms with E-state index in [2.05, 4.69) is 4.98 Å². The van der Waals surface area contributed by atoms with E-state index in [0.717, 1.165) is 41.0 Å². The van der Waals surface area contributed by atoms with Gasteiger partial charge in [-0.25, -0.2) is 9.97 Å². The van der Waals surface area contributed by atoms with Crippen LogP contribution in [0.5, 0.6) is 5.75 Å². The van der Waals surface area contributed by atoms with E-state index in [1.54, 1.807) is 14.2 Å². The van der Waals surface area contributed by atoms with Gasteiger partial charge >= 0.3 is 0 Å². The first kappa shape index (κ1) is 22.7. The Morgan fingerprint density at radius 2 is 1.94 bits per heavy atom. The van der Waals surface area contributed by atoms with Crippen LogP contribution in [0, 0.1) is 0 Å². The number of likely N-dealkylation sites (tertiary alicyclic amines) is 1. The SMILES string of the molecule is COCc1ccc(C(=O)N2CCC[C@H]2c2nc(N(C)C)ncc2-c2cccc(OC)c2)cc1. The molecule has 0 bridgehead atoms. The molecule has 172 valence electrons. The fourth-order valence-electron chi connectivity index (χ4n) is 4.24. The Balaban J connectivity index is 1.72. The van der Waals surface area contributed by atoms with Gasteiger partial charge in [0.1, 0.15) is 5.75 Å². The summed E-state index contributed by atoms with van der Waals surface area (Å²) < 4.78 is 10.6. The van der Waals surface area contributed by atoms with Crippen LogP contribution in [0.2, 0.25) is 0 Å². The van der Waals surface area contributed by atoms with Crippen LogP contribution in [0.1, 0.15) is 40.5 Å². The van der Waals surface area contributed by atoms with Crippen LogP contribution in [0.25, 0.3) is 11.1 Å². The van der Waals surface area contributed by atoms with E-state index < -0.39 is 0 Å². The largest absolute Gasteiger partial charge is 0.497 e. The van der Waals surface area contributed by atoms with Crippen molar-refractivity contribution in [1.29, 1.82) is 0 Å². The minimum Gasteiger partial charge on any atom is -0.497 e. The highest BCUT2D eigenvalue weighted by Crippen LogP contribution is 2.38. The van der Waals surface area contributed by atoms with Gasteiger partial charge in [-0.2, -0.15) is 0 Å². The van der Waals surface area contributed by atoms with Crippen LogP contribution < -0.4 is 9.64 Å². The Morgan fingerprint density at radius 3 is 2.64 bits per heavy atom. The zero-order chi connectivity index (χ0) is 23.4. The topological polar surface area (TPSA) is 67.8 Å². The molecule has 0 aliphatic carbocycles. The standard InChI is InChI=1S/C26H30N4O3/c1-29(2)26-27-16-22(20-7-5-8-21(15-20)33-4)24(28-26)23-9-6-14-30(23)25(31)19-12-10-18(11-13-19)17-32-3/h5,7-8,10-13,15-16,23H,6,9,14,17H2,1-4H3/t23-/m0/s1. The van der Waals surface area contributed by atoms with E-state index in [4.69, 9.17) is 14.5 Å². The number of anilines is 1. The third-order valence-corrected chi connectivity index (χ3v) is 5.93. The highest BCUT2D eigenvalue weighted by atomic mass is 16.5. The average Bonchev–Trinajstić information content (AvgIpc) is 3.34. The van der Waals surface area contributed by atoms with Gasteiger partial charge in [0.25, 0.3) is 5.91 Å². The lowest BCUT2D eigenvalue weighted by Crippen LogP contribution is -2.31. The van der Waals surface area contributed by atoms with Crippen molar-refractivity contribution in [1.82, 2.24) is 14.9 Å². The number of hydrogen-bond donors (Lipinski definition) is 0. The predicted molar refractivity (Wildman–Crippen MR) is 129 cm³/mol. The van der Waals surface area contributed by atoms with Gasteiger partial charge in [0, 0.05) is 45.1 Å². The van der Waals surface area contributed by atoms with Crippen molar-refractivity contribution >= 4 is 11.9 Å². The van der Waals surface area contributed by atoms with Crippen molar-refractivity contribution in [2.75, 3.05) is 39.8 Å². The second-order valence-electron chi connectivity index (χ2n) is 8.38. The van der Waals surface area contributed by atoms with Crippen LogP contribution in [0.4, 0.5) is 5.95 Å². The first-order valence-corrected chi connectivity index (χ1v) is 11.1. The van der Waals surface area contributed by atoms with Gasteiger partial charge in [-0.3, -0.25) is 4.79 Å². The number of carbonyl (C=O) groups is 1. The third-order valence-electron chi connectivity index (χ3n) is 5.93. The molecule has 1 fully saturated rings. The summed E-state index contributed by atoms with van der Waals surface area (Å²) in [5, 5.41) is 0. The predicted octanol–water partition coefficient (Wildman–Crippen LogP) is 4.34. The van der Waals surface area contributed by atoms with Crippen LogP contribution in [0.15, 0.2) is 54.7 Å². The van der Waals surface area contributed by atoms with Crippen LogP contribution >= 0.6 is 0 Å². The zero-order valence-corrected chi connectivity index (χ0v) is 19.6. The molecule has 1 aliphatic heterocycles. The zero-order valence-electron chi connectivity index (χ0n) is 19.6. The summed E-state index contributed by atoms with van der Waals surface area (Å²) in [4.78, 5) is 26.8. The van der Waals surface area contributed by atoms with Gasteiger partial charge in [0.05, 0.1) is 25.5 Å². The van der Waals surface area contributed by atoms with E-state index >= 15 is 0 Å². The number of rotatable bonds is 7. The van der Waals surface area contributed by atoms with Crippen LogP contribution in [0.3, 0.4) is 0 Å². The van der Waals surface area contributed by atoms with Gasteiger partial charge in [0.2, 0.25) is 5.95 Å². The summed E-state index contributed by atoms with van der Waals surface area (Å²) in [7, 11) is 7.16. The minimum atomic E-state index is -0.126. The highest BCUT2D eigenvalue weighted by Gasteiger charge is 2.34. The van der Waals surface area contributed by atoms with Crippen molar-refractivity contribution in [2.24, 2.45) is 0 Å². The maximum absolute atomic E-state index is 13.5. The fourth-order valence-corrected chi connectivity index (χ4v) is 4.24. The molecule has 0 spiro atoms. The van der Waals surface area contributed by atoms with Gasteiger partial charge in [-0.05, 0) is 48.2 Å². The van der Waals surface area contributed by atoms with E-state index in [1.165, 1.54) is 0 Å². The molecule has 1 aliphatic rings. The van der Waals surface area contributed by atoms with Gasteiger partial charge in [0.15, 0.2) is 0 Å². The van der Waals surface area contributed by atoms with Crippen molar-refractivity contribution in [3.05, 3.63) is 71.5 Å². The van der Waals surface area contributed by atoms with Crippen molar-refractivity contribution in [3.63, 3.8) is 0 Å². The second-order valence-corrected chi connectivity index (χ2v) is 8.38. The molecule has 2 aromatic carbocycles.